The Morgan fingerprint density at radius 1 is 1.42 bits per heavy atom. The highest BCUT2D eigenvalue weighted by molar-refractivity contribution is 6.01. The largest absolute Gasteiger partial charge is 0.490 e. The standard InChI is InChI=1S/C18H23N3O3/c1-11(2)23-16-9-14-12(8-15(16)17(19)22)5-7-21-18(14)24-13-4-3-6-20-10-13/h5,7-9,11,13,20H,3-4,6,10H2,1-2H3,(H2,19,22)/t13-/m0/s1. The van der Waals surface area contributed by atoms with Crippen LogP contribution in [0.25, 0.3) is 10.8 Å². The molecule has 0 spiro atoms. The number of ether oxygens (including phenoxy) is 2. The average Bonchev–Trinajstić information content (AvgIpc) is 2.55. The molecule has 0 unspecified atom stereocenters. The normalized spacial score (nSPS) is 17.9. The minimum atomic E-state index is -0.511. The van der Waals surface area contributed by atoms with Gasteiger partial charge in [-0.15, -0.1) is 0 Å². The number of fused-ring (bicyclic) bond motifs is 1. The van der Waals surface area contributed by atoms with Gasteiger partial charge < -0.3 is 20.5 Å². The second-order valence-electron chi connectivity index (χ2n) is 6.30. The van der Waals surface area contributed by atoms with Gasteiger partial charge in [0.15, 0.2) is 0 Å². The van der Waals surface area contributed by atoms with Crippen molar-refractivity contribution >= 4 is 16.7 Å². The Bertz CT molecular complexity index is 740. The number of aromatic nitrogens is 1. The van der Waals surface area contributed by atoms with E-state index in [4.69, 9.17) is 15.2 Å². The summed E-state index contributed by atoms with van der Waals surface area (Å²) >= 11 is 0. The van der Waals surface area contributed by atoms with Crippen LogP contribution in [0.3, 0.4) is 0 Å². The van der Waals surface area contributed by atoms with Gasteiger partial charge in [-0.2, -0.15) is 0 Å². The topological polar surface area (TPSA) is 86.5 Å². The minimum absolute atomic E-state index is 0.0656. The second kappa shape index (κ2) is 7.05. The Kier molecular flexibility index (Phi) is 4.85. The van der Waals surface area contributed by atoms with Gasteiger partial charge >= 0.3 is 0 Å². The lowest BCUT2D eigenvalue weighted by molar-refractivity contribution is 0.0994. The Morgan fingerprint density at radius 3 is 2.92 bits per heavy atom. The number of primary amides is 1. The fourth-order valence-electron chi connectivity index (χ4n) is 2.89. The summed E-state index contributed by atoms with van der Waals surface area (Å²) in [6, 6.07) is 5.38. The Balaban J connectivity index is 2.02. The van der Waals surface area contributed by atoms with Gasteiger partial charge in [0, 0.05) is 18.1 Å². The van der Waals surface area contributed by atoms with Crippen molar-refractivity contribution in [3.63, 3.8) is 0 Å². The smallest absolute Gasteiger partial charge is 0.252 e. The van der Waals surface area contributed by atoms with Crippen LogP contribution in [0, 0.1) is 0 Å². The third-order valence-electron chi connectivity index (χ3n) is 3.99. The van der Waals surface area contributed by atoms with Crippen molar-refractivity contribution in [2.24, 2.45) is 5.73 Å². The van der Waals surface area contributed by atoms with Crippen molar-refractivity contribution in [2.45, 2.75) is 38.9 Å². The molecule has 0 saturated carbocycles. The van der Waals surface area contributed by atoms with Crippen LogP contribution in [0.2, 0.25) is 0 Å². The fourth-order valence-corrected chi connectivity index (χ4v) is 2.89. The van der Waals surface area contributed by atoms with Gasteiger partial charge in [-0.25, -0.2) is 4.98 Å². The van der Waals surface area contributed by atoms with Gasteiger partial charge in [0.1, 0.15) is 11.9 Å². The molecule has 1 aromatic heterocycles. The molecule has 1 saturated heterocycles. The number of pyridine rings is 1. The molecule has 1 atom stereocenters. The maximum atomic E-state index is 11.7. The van der Waals surface area contributed by atoms with Crippen molar-refractivity contribution in [2.75, 3.05) is 13.1 Å². The van der Waals surface area contributed by atoms with Crippen LogP contribution in [0.1, 0.15) is 37.0 Å². The monoisotopic (exact) mass is 329 g/mol. The van der Waals surface area contributed by atoms with Gasteiger partial charge in [0.2, 0.25) is 5.88 Å². The highest BCUT2D eigenvalue weighted by Gasteiger charge is 2.19. The van der Waals surface area contributed by atoms with Crippen LogP contribution in [0.5, 0.6) is 11.6 Å². The number of nitrogens with two attached hydrogens (primary N) is 1. The molecule has 0 radical (unpaired) electrons. The van der Waals surface area contributed by atoms with Crippen molar-refractivity contribution < 1.29 is 14.3 Å². The van der Waals surface area contributed by atoms with Crippen LogP contribution >= 0.6 is 0 Å². The number of nitrogens with one attached hydrogen (secondary N) is 1. The zero-order valence-electron chi connectivity index (χ0n) is 14.0. The van der Waals surface area contributed by atoms with E-state index in [1.54, 1.807) is 18.3 Å². The number of nitrogens with zero attached hydrogens (tertiary/aromatic N) is 1. The zero-order valence-corrected chi connectivity index (χ0v) is 14.0. The predicted molar refractivity (Wildman–Crippen MR) is 92.5 cm³/mol. The number of hydrogen-bond acceptors (Lipinski definition) is 5. The number of hydrogen-bond donors (Lipinski definition) is 2. The van der Waals surface area contributed by atoms with Crippen molar-refractivity contribution in [1.29, 1.82) is 0 Å². The van der Waals surface area contributed by atoms with Crippen molar-refractivity contribution in [1.82, 2.24) is 10.3 Å². The number of carbonyl (C=O) groups excluding carboxylic acids is 1. The van der Waals surface area contributed by atoms with E-state index >= 15 is 0 Å². The molecule has 6 heteroatoms. The Hall–Kier alpha value is -2.34. The molecule has 1 amide bonds. The van der Waals surface area contributed by atoms with Gasteiger partial charge in [-0.05, 0) is 56.8 Å². The van der Waals surface area contributed by atoms with Gasteiger partial charge in [-0.1, -0.05) is 0 Å². The van der Waals surface area contributed by atoms with Gasteiger partial charge in [0.05, 0.1) is 11.7 Å². The first-order valence-corrected chi connectivity index (χ1v) is 8.31. The lowest BCUT2D eigenvalue weighted by Gasteiger charge is -2.24. The number of carbonyl (C=O) groups is 1. The number of amides is 1. The first-order valence-electron chi connectivity index (χ1n) is 8.31. The predicted octanol–water partition coefficient (Wildman–Crippen LogP) is 2.25. The molecule has 0 bridgehead atoms. The van der Waals surface area contributed by atoms with Crippen molar-refractivity contribution in [3.8, 4) is 11.6 Å². The molecule has 6 nitrogen and oxygen atoms in total. The number of piperidine rings is 1. The first kappa shape index (κ1) is 16.5. The number of benzene rings is 1. The maximum absolute atomic E-state index is 11.7. The molecule has 3 N–H and O–H groups in total. The van der Waals surface area contributed by atoms with Crippen LogP contribution in [0.15, 0.2) is 24.4 Å². The summed E-state index contributed by atoms with van der Waals surface area (Å²) in [4.78, 5) is 16.1. The molecule has 1 fully saturated rings. The molecule has 2 aromatic rings. The van der Waals surface area contributed by atoms with E-state index in [9.17, 15) is 4.79 Å². The van der Waals surface area contributed by atoms with Crippen LogP contribution < -0.4 is 20.5 Å². The fraction of sp³-hybridized carbons (Fsp3) is 0.444. The molecule has 2 heterocycles. The Labute approximate surface area is 141 Å². The van der Waals surface area contributed by atoms with E-state index in [2.05, 4.69) is 10.3 Å². The quantitative estimate of drug-likeness (QED) is 0.878. The van der Waals surface area contributed by atoms with E-state index in [1.807, 2.05) is 19.9 Å². The van der Waals surface area contributed by atoms with Crippen LogP contribution in [-0.2, 0) is 0 Å². The summed E-state index contributed by atoms with van der Waals surface area (Å²) in [7, 11) is 0. The molecule has 128 valence electrons. The van der Waals surface area contributed by atoms with Crippen LogP contribution in [-0.4, -0.2) is 36.2 Å². The maximum Gasteiger partial charge on any atom is 0.252 e. The van der Waals surface area contributed by atoms with E-state index in [-0.39, 0.29) is 12.2 Å². The second-order valence-corrected chi connectivity index (χ2v) is 6.30. The molecule has 1 aliphatic rings. The highest BCUT2D eigenvalue weighted by Crippen LogP contribution is 2.32. The summed E-state index contributed by atoms with van der Waals surface area (Å²) in [5, 5.41) is 5.00. The molecule has 1 aliphatic heterocycles. The summed E-state index contributed by atoms with van der Waals surface area (Å²) in [6.07, 6.45) is 3.80. The summed E-state index contributed by atoms with van der Waals surface area (Å²) in [6.45, 7) is 5.65. The lowest BCUT2D eigenvalue weighted by Crippen LogP contribution is -2.37. The summed E-state index contributed by atoms with van der Waals surface area (Å²) in [5.41, 5.74) is 5.86. The molecular weight excluding hydrogens is 306 g/mol. The van der Waals surface area contributed by atoms with Gasteiger partial charge in [-0.3, -0.25) is 4.79 Å². The van der Waals surface area contributed by atoms with E-state index in [1.165, 1.54) is 0 Å². The third kappa shape index (κ3) is 3.59. The van der Waals surface area contributed by atoms with Gasteiger partial charge in [0.25, 0.3) is 5.91 Å². The zero-order chi connectivity index (χ0) is 17.1. The lowest BCUT2D eigenvalue weighted by atomic mass is 10.1. The molecule has 24 heavy (non-hydrogen) atoms. The third-order valence-corrected chi connectivity index (χ3v) is 3.99. The molecule has 3 rings (SSSR count). The Morgan fingerprint density at radius 2 is 2.25 bits per heavy atom. The van der Waals surface area contributed by atoms with E-state index in [0.29, 0.717) is 17.2 Å². The first-order chi connectivity index (χ1) is 11.5. The molecule has 1 aromatic carbocycles. The summed E-state index contributed by atoms with van der Waals surface area (Å²) < 4.78 is 11.8. The van der Waals surface area contributed by atoms with E-state index < -0.39 is 5.91 Å². The SMILES string of the molecule is CC(C)Oc1cc2c(O[C@H]3CCCNC3)nccc2cc1C(N)=O. The number of rotatable bonds is 5. The minimum Gasteiger partial charge on any atom is -0.490 e. The average molecular weight is 329 g/mol. The van der Waals surface area contributed by atoms with Crippen molar-refractivity contribution in [3.05, 3.63) is 30.0 Å². The highest BCUT2D eigenvalue weighted by atomic mass is 16.5. The van der Waals surface area contributed by atoms with E-state index in [0.717, 1.165) is 36.7 Å². The molecule has 0 aliphatic carbocycles. The van der Waals surface area contributed by atoms with Crippen LogP contribution in [0.4, 0.5) is 0 Å². The molecular formula is C18H23N3O3. The summed E-state index contributed by atoms with van der Waals surface area (Å²) in [5.74, 6) is 0.513.